The minimum Gasteiger partial charge on any atom is -0.204 e. The standard InChI is InChI=1S/C13H17BrF2S/c1-3-13(4-2,8-14)9-17-10-5-6-11(15)12(16)7-10/h5-7H,3-4,8-9H2,1-2H3. The van der Waals surface area contributed by atoms with E-state index < -0.39 is 11.6 Å². The Morgan fingerprint density at radius 1 is 1.18 bits per heavy atom. The first kappa shape index (κ1) is 15.0. The predicted octanol–water partition coefficient (Wildman–Crippen LogP) is 5.26. The molecule has 0 atom stereocenters. The zero-order chi connectivity index (χ0) is 12.9. The van der Waals surface area contributed by atoms with Crippen LogP contribution in [-0.4, -0.2) is 11.1 Å². The summed E-state index contributed by atoms with van der Waals surface area (Å²) in [4.78, 5) is 0.788. The Kier molecular flexibility index (Phi) is 5.93. The van der Waals surface area contributed by atoms with Crippen LogP contribution in [0.25, 0.3) is 0 Å². The van der Waals surface area contributed by atoms with Crippen molar-refractivity contribution in [2.75, 3.05) is 11.1 Å². The van der Waals surface area contributed by atoms with E-state index in [1.165, 1.54) is 12.1 Å². The van der Waals surface area contributed by atoms with E-state index in [4.69, 9.17) is 0 Å². The summed E-state index contributed by atoms with van der Waals surface area (Å²) in [6, 6.07) is 4.09. The molecular weight excluding hydrogens is 306 g/mol. The van der Waals surface area contributed by atoms with Crippen molar-refractivity contribution in [1.29, 1.82) is 0 Å². The second kappa shape index (κ2) is 6.74. The summed E-state index contributed by atoms with van der Waals surface area (Å²) >= 11 is 5.13. The lowest BCUT2D eigenvalue weighted by atomic mass is 9.87. The average molecular weight is 323 g/mol. The van der Waals surface area contributed by atoms with Gasteiger partial charge in [-0.15, -0.1) is 11.8 Å². The summed E-state index contributed by atoms with van der Waals surface area (Å²) in [5, 5.41) is 0.934. The van der Waals surface area contributed by atoms with Crippen LogP contribution in [0.1, 0.15) is 26.7 Å². The van der Waals surface area contributed by atoms with Gasteiger partial charge >= 0.3 is 0 Å². The van der Waals surface area contributed by atoms with Crippen molar-refractivity contribution in [3.05, 3.63) is 29.8 Å². The molecule has 0 unspecified atom stereocenters. The molecule has 0 amide bonds. The topological polar surface area (TPSA) is 0 Å². The van der Waals surface area contributed by atoms with Gasteiger partial charge < -0.3 is 0 Å². The molecule has 0 spiro atoms. The quantitative estimate of drug-likeness (QED) is 0.508. The molecule has 96 valence electrons. The van der Waals surface area contributed by atoms with Crippen LogP contribution in [0.3, 0.4) is 0 Å². The van der Waals surface area contributed by atoms with Gasteiger partial charge in [-0.25, -0.2) is 8.78 Å². The molecule has 0 saturated heterocycles. The van der Waals surface area contributed by atoms with Crippen molar-refractivity contribution < 1.29 is 8.78 Å². The molecule has 17 heavy (non-hydrogen) atoms. The van der Waals surface area contributed by atoms with Crippen LogP contribution in [0.2, 0.25) is 0 Å². The third kappa shape index (κ3) is 3.95. The van der Waals surface area contributed by atoms with Crippen LogP contribution in [-0.2, 0) is 0 Å². The number of hydrogen-bond acceptors (Lipinski definition) is 1. The highest BCUT2D eigenvalue weighted by molar-refractivity contribution is 9.09. The SMILES string of the molecule is CCC(CC)(CBr)CSc1ccc(F)c(F)c1. The van der Waals surface area contributed by atoms with Crippen LogP contribution in [0.5, 0.6) is 0 Å². The summed E-state index contributed by atoms with van der Waals surface area (Å²) in [6.45, 7) is 4.33. The second-order valence-electron chi connectivity index (χ2n) is 4.21. The first-order valence-electron chi connectivity index (χ1n) is 5.70. The highest BCUT2D eigenvalue weighted by Gasteiger charge is 2.24. The Labute approximate surface area is 114 Å². The molecule has 0 saturated carbocycles. The molecule has 0 fully saturated rings. The maximum Gasteiger partial charge on any atom is 0.159 e. The third-order valence-electron chi connectivity index (χ3n) is 3.22. The van der Waals surface area contributed by atoms with Gasteiger partial charge in [-0.2, -0.15) is 0 Å². The first-order chi connectivity index (χ1) is 8.06. The fourth-order valence-electron chi connectivity index (χ4n) is 1.48. The number of hydrogen-bond donors (Lipinski definition) is 0. The van der Waals surface area contributed by atoms with E-state index in [0.29, 0.717) is 0 Å². The molecule has 0 N–H and O–H groups in total. The maximum absolute atomic E-state index is 13.0. The highest BCUT2D eigenvalue weighted by atomic mass is 79.9. The zero-order valence-electron chi connectivity index (χ0n) is 10.1. The lowest BCUT2D eigenvalue weighted by molar-refractivity contribution is 0.359. The molecule has 0 nitrogen and oxygen atoms in total. The molecular formula is C13H17BrF2S. The van der Waals surface area contributed by atoms with Crippen LogP contribution in [0.4, 0.5) is 8.78 Å². The van der Waals surface area contributed by atoms with Crippen molar-refractivity contribution in [3.63, 3.8) is 0 Å². The number of thioether (sulfide) groups is 1. The Balaban J connectivity index is 2.68. The van der Waals surface area contributed by atoms with Crippen molar-refractivity contribution in [2.45, 2.75) is 31.6 Å². The smallest absolute Gasteiger partial charge is 0.159 e. The largest absolute Gasteiger partial charge is 0.204 e. The van der Waals surface area contributed by atoms with Crippen LogP contribution in [0, 0.1) is 17.0 Å². The van der Waals surface area contributed by atoms with E-state index in [2.05, 4.69) is 29.8 Å². The van der Waals surface area contributed by atoms with Gasteiger partial charge in [-0.05, 0) is 36.5 Å². The fourth-order valence-corrected chi connectivity index (χ4v) is 4.07. The zero-order valence-corrected chi connectivity index (χ0v) is 12.5. The van der Waals surface area contributed by atoms with Gasteiger partial charge in [0.25, 0.3) is 0 Å². The van der Waals surface area contributed by atoms with E-state index in [9.17, 15) is 8.78 Å². The Bertz CT molecular complexity index is 356. The van der Waals surface area contributed by atoms with Crippen LogP contribution in [0.15, 0.2) is 23.1 Å². The molecule has 0 radical (unpaired) electrons. The van der Waals surface area contributed by atoms with Gasteiger partial charge in [0, 0.05) is 16.0 Å². The van der Waals surface area contributed by atoms with Crippen LogP contribution < -0.4 is 0 Å². The number of benzene rings is 1. The number of rotatable bonds is 6. The van der Waals surface area contributed by atoms with E-state index in [0.717, 1.165) is 28.8 Å². The van der Waals surface area contributed by atoms with Gasteiger partial charge in [0.2, 0.25) is 0 Å². The van der Waals surface area contributed by atoms with Crippen molar-refractivity contribution in [3.8, 4) is 0 Å². The molecule has 1 aromatic rings. The van der Waals surface area contributed by atoms with Gasteiger partial charge in [-0.3, -0.25) is 0 Å². The molecule has 0 aliphatic carbocycles. The van der Waals surface area contributed by atoms with Gasteiger partial charge in [0.1, 0.15) is 0 Å². The summed E-state index contributed by atoms with van der Waals surface area (Å²) in [5.41, 5.74) is 0.232. The molecule has 0 aliphatic rings. The second-order valence-corrected chi connectivity index (χ2v) is 5.81. The summed E-state index contributed by atoms with van der Waals surface area (Å²) in [6.07, 6.45) is 2.15. The Morgan fingerprint density at radius 3 is 2.29 bits per heavy atom. The Morgan fingerprint density at radius 2 is 1.82 bits per heavy atom. The molecule has 0 aromatic heterocycles. The number of alkyl halides is 1. The van der Waals surface area contributed by atoms with E-state index >= 15 is 0 Å². The minimum atomic E-state index is -0.785. The van der Waals surface area contributed by atoms with Crippen molar-refractivity contribution in [1.82, 2.24) is 0 Å². The molecule has 0 bridgehead atoms. The monoisotopic (exact) mass is 322 g/mol. The normalized spacial score (nSPS) is 11.8. The van der Waals surface area contributed by atoms with Crippen molar-refractivity contribution in [2.24, 2.45) is 5.41 Å². The average Bonchev–Trinajstić information content (AvgIpc) is 2.36. The summed E-state index contributed by atoms with van der Waals surface area (Å²) < 4.78 is 25.8. The predicted molar refractivity (Wildman–Crippen MR) is 73.9 cm³/mol. The fraction of sp³-hybridized carbons (Fsp3) is 0.538. The maximum atomic E-state index is 13.0. The lowest BCUT2D eigenvalue weighted by Crippen LogP contribution is -2.23. The molecule has 1 rings (SSSR count). The lowest BCUT2D eigenvalue weighted by Gasteiger charge is -2.29. The molecule has 1 aromatic carbocycles. The first-order valence-corrected chi connectivity index (χ1v) is 7.81. The molecule has 0 heterocycles. The minimum absolute atomic E-state index is 0.232. The van der Waals surface area contributed by atoms with E-state index in [-0.39, 0.29) is 5.41 Å². The third-order valence-corrected chi connectivity index (χ3v) is 5.75. The van der Waals surface area contributed by atoms with Gasteiger partial charge in [-0.1, -0.05) is 29.8 Å². The van der Waals surface area contributed by atoms with Gasteiger partial charge in [0.05, 0.1) is 0 Å². The Hall–Kier alpha value is -0.0900. The summed E-state index contributed by atoms with van der Waals surface area (Å²) in [5.74, 6) is -0.643. The van der Waals surface area contributed by atoms with Crippen molar-refractivity contribution >= 4 is 27.7 Å². The van der Waals surface area contributed by atoms with E-state index in [1.807, 2.05) is 0 Å². The highest BCUT2D eigenvalue weighted by Crippen LogP contribution is 2.35. The van der Waals surface area contributed by atoms with Crippen LogP contribution >= 0.6 is 27.7 Å². The number of halogens is 3. The summed E-state index contributed by atoms with van der Waals surface area (Å²) in [7, 11) is 0. The van der Waals surface area contributed by atoms with Gasteiger partial charge in [0.15, 0.2) is 11.6 Å². The molecule has 0 aliphatic heterocycles. The van der Waals surface area contributed by atoms with E-state index in [1.54, 1.807) is 17.8 Å². The molecule has 4 heteroatoms.